The zero-order valence-corrected chi connectivity index (χ0v) is 11.6. The second-order valence-electron chi connectivity index (χ2n) is 4.01. The molecule has 0 bridgehead atoms. The van der Waals surface area contributed by atoms with E-state index in [2.05, 4.69) is 51.0 Å². The van der Waals surface area contributed by atoms with Gasteiger partial charge in [-0.1, -0.05) is 0 Å². The van der Waals surface area contributed by atoms with Gasteiger partial charge >= 0.3 is 0 Å². The minimum absolute atomic E-state index is 0.212. The number of hydrogen-bond donors (Lipinski definition) is 1. The van der Waals surface area contributed by atoms with Gasteiger partial charge < -0.3 is 10.3 Å². The van der Waals surface area contributed by atoms with Gasteiger partial charge in [0.05, 0.1) is 10.3 Å². The fourth-order valence-corrected chi connectivity index (χ4v) is 3.21. The van der Waals surface area contributed by atoms with Gasteiger partial charge in [0.15, 0.2) is 0 Å². The number of hydrogen-bond acceptors (Lipinski definition) is 2. The van der Waals surface area contributed by atoms with E-state index >= 15 is 0 Å². The van der Waals surface area contributed by atoms with Crippen LogP contribution in [0.3, 0.4) is 0 Å². The first-order valence-electron chi connectivity index (χ1n) is 5.29. The molecule has 2 nitrogen and oxygen atoms in total. The lowest BCUT2D eigenvalue weighted by Gasteiger charge is -2.09. The predicted octanol–water partition coefficient (Wildman–Crippen LogP) is 3.25. The summed E-state index contributed by atoms with van der Waals surface area (Å²) >= 11 is 5.26. The van der Waals surface area contributed by atoms with Crippen molar-refractivity contribution >= 4 is 27.3 Å². The van der Waals surface area contributed by atoms with Crippen LogP contribution < -0.4 is 5.73 Å². The van der Waals surface area contributed by atoms with Crippen LogP contribution in [0.25, 0.3) is 0 Å². The molecule has 0 amide bonds. The van der Waals surface area contributed by atoms with Crippen LogP contribution in [0.4, 0.5) is 0 Å². The third kappa shape index (κ3) is 2.97. The van der Waals surface area contributed by atoms with Crippen molar-refractivity contribution in [2.75, 3.05) is 0 Å². The highest BCUT2D eigenvalue weighted by molar-refractivity contribution is 9.11. The lowest BCUT2D eigenvalue weighted by molar-refractivity contribution is 0.669. The van der Waals surface area contributed by atoms with E-state index in [9.17, 15) is 0 Å². The van der Waals surface area contributed by atoms with Crippen LogP contribution in [0.1, 0.15) is 17.5 Å². The molecule has 86 valence electrons. The highest BCUT2D eigenvalue weighted by atomic mass is 79.9. The molecular weight excluding hydrogens is 284 g/mol. The summed E-state index contributed by atoms with van der Waals surface area (Å²) in [7, 11) is 0. The molecule has 0 saturated heterocycles. The van der Waals surface area contributed by atoms with Crippen molar-refractivity contribution < 1.29 is 0 Å². The Hall–Kier alpha value is -0.580. The summed E-state index contributed by atoms with van der Waals surface area (Å²) in [6.45, 7) is 2.98. The van der Waals surface area contributed by atoms with E-state index < -0.39 is 0 Å². The molecule has 0 spiro atoms. The standard InChI is InChI=1S/C12H15BrN2S/c1-9(14)7-10-3-2-6-15(10)8-11-4-5-12(13)16-11/h2-6,9H,7-8,14H2,1H3. The van der Waals surface area contributed by atoms with Gasteiger partial charge in [0.2, 0.25) is 0 Å². The fraction of sp³-hybridized carbons (Fsp3) is 0.333. The molecule has 2 rings (SSSR count). The van der Waals surface area contributed by atoms with Crippen LogP contribution in [0.2, 0.25) is 0 Å². The summed E-state index contributed by atoms with van der Waals surface area (Å²) in [4.78, 5) is 1.36. The normalized spacial score (nSPS) is 12.9. The third-order valence-electron chi connectivity index (χ3n) is 2.41. The van der Waals surface area contributed by atoms with Crippen LogP contribution in [0.15, 0.2) is 34.2 Å². The fourth-order valence-electron chi connectivity index (χ4n) is 1.72. The van der Waals surface area contributed by atoms with Crippen LogP contribution in [-0.2, 0) is 13.0 Å². The van der Waals surface area contributed by atoms with Gasteiger partial charge in [-0.3, -0.25) is 0 Å². The summed E-state index contributed by atoms with van der Waals surface area (Å²) in [5.74, 6) is 0. The smallest absolute Gasteiger partial charge is 0.0702 e. The quantitative estimate of drug-likeness (QED) is 0.923. The lowest BCUT2D eigenvalue weighted by atomic mass is 10.2. The number of aromatic nitrogens is 1. The highest BCUT2D eigenvalue weighted by Gasteiger charge is 2.05. The first kappa shape index (κ1) is 11.9. The topological polar surface area (TPSA) is 30.9 Å². The highest BCUT2D eigenvalue weighted by Crippen LogP contribution is 2.23. The molecule has 0 aliphatic rings. The SMILES string of the molecule is CC(N)Cc1cccn1Cc1ccc(Br)s1. The average Bonchev–Trinajstić information content (AvgIpc) is 2.77. The molecule has 1 unspecified atom stereocenters. The van der Waals surface area contributed by atoms with Crippen molar-refractivity contribution in [1.82, 2.24) is 4.57 Å². The number of rotatable bonds is 4. The molecule has 2 aromatic rings. The van der Waals surface area contributed by atoms with E-state index in [1.807, 2.05) is 6.92 Å². The van der Waals surface area contributed by atoms with E-state index in [1.54, 1.807) is 11.3 Å². The molecule has 2 aromatic heterocycles. The Morgan fingerprint density at radius 1 is 1.44 bits per heavy atom. The van der Waals surface area contributed by atoms with E-state index in [-0.39, 0.29) is 6.04 Å². The second-order valence-corrected chi connectivity index (χ2v) is 6.56. The Morgan fingerprint density at radius 3 is 2.88 bits per heavy atom. The van der Waals surface area contributed by atoms with Gasteiger partial charge in [-0.05, 0) is 47.1 Å². The third-order valence-corrected chi connectivity index (χ3v) is 4.02. The maximum atomic E-state index is 5.83. The summed E-state index contributed by atoms with van der Waals surface area (Å²) in [5, 5.41) is 0. The van der Waals surface area contributed by atoms with Gasteiger partial charge in [0.1, 0.15) is 0 Å². The second kappa shape index (κ2) is 5.17. The molecule has 0 radical (unpaired) electrons. The van der Waals surface area contributed by atoms with Crippen molar-refractivity contribution in [2.45, 2.75) is 25.9 Å². The van der Waals surface area contributed by atoms with Crippen LogP contribution in [0, 0.1) is 0 Å². The van der Waals surface area contributed by atoms with Crippen LogP contribution in [-0.4, -0.2) is 10.6 Å². The zero-order chi connectivity index (χ0) is 11.5. The molecule has 1 atom stereocenters. The van der Waals surface area contributed by atoms with Crippen LogP contribution in [0.5, 0.6) is 0 Å². The Bertz CT molecular complexity index is 459. The number of nitrogens with zero attached hydrogens (tertiary/aromatic N) is 1. The molecule has 0 aromatic carbocycles. The Balaban J connectivity index is 2.12. The summed E-state index contributed by atoms with van der Waals surface area (Å²) in [5.41, 5.74) is 7.14. The summed E-state index contributed by atoms with van der Waals surface area (Å²) in [6, 6.07) is 8.69. The molecule has 16 heavy (non-hydrogen) atoms. The maximum Gasteiger partial charge on any atom is 0.0702 e. The van der Waals surface area contributed by atoms with Gasteiger partial charge in [-0.25, -0.2) is 0 Å². The number of thiophene rings is 1. The molecular formula is C12H15BrN2S. The summed E-state index contributed by atoms with van der Waals surface area (Å²) in [6.07, 6.45) is 3.05. The number of halogens is 1. The minimum Gasteiger partial charge on any atom is -0.346 e. The molecule has 2 heterocycles. The zero-order valence-electron chi connectivity index (χ0n) is 9.19. The largest absolute Gasteiger partial charge is 0.346 e. The van der Waals surface area contributed by atoms with Gasteiger partial charge in [-0.15, -0.1) is 11.3 Å². The number of nitrogens with two attached hydrogens (primary N) is 1. The monoisotopic (exact) mass is 298 g/mol. The van der Waals surface area contributed by atoms with Gasteiger partial charge in [0.25, 0.3) is 0 Å². The molecule has 2 N–H and O–H groups in total. The van der Waals surface area contributed by atoms with Gasteiger partial charge in [-0.2, -0.15) is 0 Å². The predicted molar refractivity (Wildman–Crippen MR) is 72.9 cm³/mol. The Morgan fingerprint density at radius 2 is 2.25 bits per heavy atom. The first-order chi connectivity index (χ1) is 7.65. The van der Waals surface area contributed by atoms with Gasteiger partial charge in [0, 0.05) is 29.2 Å². The van der Waals surface area contributed by atoms with E-state index in [0.717, 1.165) is 13.0 Å². The molecule has 0 saturated carbocycles. The summed E-state index contributed by atoms with van der Waals surface area (Å²) < 4.78 is 3.45. The van der Waals surface area contributed by atoms with Crippen molar-refractivity contribution in [3.63, 3.8) is 0 Å². The average molecular weight is 299 g/mol. The van der Waals surface area contributed by atoms with Crippen molar-refractivity contribution in [2.24, 2.45) is 5.73 Å². The van der Waals surface area contributed by atoms with E-state index in [4.69, 9.17) is 5.73 Å². The van der Waals surface area contributed by atoms with Crippen molar-refractivity contribution in [3.05, 3.63) is 44.8 Å². The Kier molecular flexibility index (Phi) is 3.84. The van der Waals surface area contributed by atoms with Crippen LogP contribution >= 0.6 is 27.3 Å². The van der Waals surface area contributed by atoms with Crippen molar-refractivity contribution in [1.29, 1.82) is 0 Å². The Labute approximate surface area is 108 Å². The minimum atomic E-state index is 0.212. The molecule has 4 heteroatoms. The van der Waals surface area contributed by atoms with E-state index in [1.165, 1.54) is 14.4 Å². The van der Waals surface area contributed by atoms with E-state index in [0.29, 0.717) is 0 Å². The first-order valence-corrected chi connectivity index (χ1v) is 6.90. The lowest BCUT2D eigenvalue weighted by Crippen LogP contribution is -2.19. The van der Waals surface area contributed by atoms with Crippen molar-refractivity contribution in [3.8, 4) is 0 Å². The molecule has 0 aliphatic heterocycles. The maximum absolute atomic E-state index is 5.83. The molecule has 0 fully saturated rings. The molecule has 0 aliphatic carbocycles.